The number of likely N-dealkylation sites (N-methyl/N-ethyl adjacent to an activating group) is 1. The summed E-state index contributed by atoms with van der Waals surface area (Å²) in [5, 5.41) is 0. The number of allylic oxidation sites excluding steroid dienone is 2. The topological polar surface area (TPSA) is 56.2 Å². The van der Waals surface area contributed by atoms with Crippen LogP contribution in [0.2, 0.25) is 0 Å². The van der Waals surface area contributed by atoms with Gasteiger partial charge in [0.05, 0.1) is 24.5 Å². The molecule has 0 radical (unpaired) electrons. The Kier molecular flexibility index (Phi) is 8.54. The van der Waals surface area contributed by atoms with E-state index in [-0.39, 0.29) is 29.8 Å². The molecule has 3 unspecified atom stereocenters. The SMILES string of the molecule is CCC(C1=NC2C=CC=CC2C(=O)N1Cc1ccccc1)N(CCN(C)C)C(=O)c1ccc(Br)cc1. The Morgan fingerprint density at radius 1 is 1.03 bits per heavy atom. The first kappa shape index (κ1) is 26.0. The van der Waals surface area contributed by atoms with E-state index in [0.29, 0.717) is 37.5 Å². The van der Waals surface area contributed by atoms with Crippen molar-refractivity contribution >= 4 is 33.6 Å². The van der Waals surface area contributed by atoms with Gasteiger partial charge in [0.1, 0.15) is 5.84 Å². The Hall–Kier alpha value is -3.03. The van der Waals surface area contributed by atoms with Crippen molar-refractivity contribution in [3.05, 3.63) is 94.5 Å². The average molecular weight is 550 g/mol. The molecule has 36 heavy (non-hydrogen) atoms. The number of carbonyl (C=O) groups is 2. The van der Waals surface area contributed by atoms with E-state index in [1.807, 2.05) is 97.9 Å². The van der Waals surface area contributed by atoms with Gasteiger partial charge < -0.3 is 9.80 Å². The van der Waals surface area contributed by atoms with Crippen molar-refractivity contribution in [1.82, 2.24) is 14.7 Å². The van der Waals surface area contributed by atoms with Crippen LogP contribution in [0.1, 0.15) is 29.3 Å². The average Bonchev–Trinajstić information content (AvgIpc) is 2.89. The van der Waals surface area contributed by atoms with E-state index in [0.717, 1.165) is 10.0 Å². The first-order valence-electron chi connectivity index (χ1n) is 12.4. The molecule has 0 fully saturated rings. The third-order valence-electron chi connectivity index (χ3n) is 6.60. The number of carbonyl (C=O) groups excluding carboxylic acids is 2. The predicted molar refractivity (Wildman–Crippen MR) is 148 cm³/mol. The van der Waals surface area contributed by atoms with Crippen LogP contribution < -0.4 is 0 Å². The number of amidine groups is 1. The highest BCUT2D eigenvalue weighted by atomic mass is 79.9. The van der Waals surface area contributed by atoms with Crippen LogP contribution in [0.3, 0.4) is 0 Å². The molecule has 4 rings (SSSR count). The summed E-state index contributed by atoms with van der Waals surface area (Å²) in [5.74, 6) is 0.304. The molecule has 0 saturated carbocycles. The van der Waals surface area contributed by atoms with Gasteiger partial charge in [-0.15, -0.1) is 0 Å². The van der Waals surface area contributed by atoms with Crippen molar-refractivity contribution in [1.29, 1.82) is 0 Å². The van der Waals surface area contributed by atoms with Crippen molar-refractivity contribution in [3.63, 3.8) is 0 Å². The Balaban J connectivity index is 1.75. The van der Waals surface area contributed by atoms with Gasteiger partial charge in [-0.2, -0.15) is 0 Å². The minimum atomic E-state index is -0.339. The molecule has 2 aromatic carbocycles. The molecule has 0 N–H and O–H groups in total. The van der Waals surface area contributed by atoms with E-state index in [9.17, 15) is 9.59 Å². The van der Waals surface area contributed by atoms with Gasteiger partial charge in [0.25, 0.3) is 5.91 Å². The van der Waals surface area contributed by atoms with Gasteiger partial charge >= 0.3 is 0 Å². The number of hydrogen-bond acceptors (Lipinski definition) is 4. The monoisotopic (exact) mass is 548 g/mol. The van der Waals surface area contributed by atoms with Crippen LogP contribution in [0.5, 0.6) is 0 Å². The van der Waals surface area contributed by atoms with Gasteiger partial charge in [0.15, 0.2) is 0 Å². The van der Waals surface area contributed by atoms with Crippen LogP contribution in [0.4, 0.5) is 0 Å². The summed E-state index contributed by atoms with van der Waals surface area (Å²) in [6, 6.07) is 16.8. The Morgan fingerprint density at radius 3 is 2.39 bits per heavy atom. The molecule has 2 aliphatic rings. The lowest BCUT2D eigenvalue weighted by atomic mass is 9.90. The Morgan fingerprint density at radius 2 is 1.72 bits per heavy atom. The third kappa shape index (κ3) is 5.85. The lowest BCUT2D eigenvalue weighted by Gasteiger charge is -2.41. The Labute approximate surface area is 222 Å². The number of fused-ring (bicyclic) bond motifs is 1. The van der Waals surface area contributed by atoms with Gasteiger partial charge in [-0.05, 0) is 50.3 Å². The van der Waals surface area contributed by atoms with E-state index in [4.69, 9.17) is 4.99 Å². The highest BCUT2D eigenvalue weighted by Gasteiger charge is 2.41. The molecule has 2 aromatic rings. The molecular weight excluding hydrogens is 516 g/mol. The Bertz CT molecular complexity index is 1160. The zero-order chi connectivity index (χ0) is 25.7. The summed E-state index contributed by atoms with van der Waals surface area (Å²) in [6.07, 6.45) is 8.42. The van der Waals surface area contributed by atoms with E-state index >= 15 is 0 Å². The highest BCUT2D eigenvalue weighted by molar-refractivity contribution is 9.10. The standard InChI is InChI=1S/C29H33BrN4O2/c1-4-26(33(19-18-32(2)3)28(35)22-14-16-23(30)17-15-22)27-31-25-13-9-8-12-24(25)29(36)34(27)20-21-10-6-5-7-11-21/h5-17,24-26H,4,18-20H2,1-3H3. The second-order valence-electron chi connectivity index (χ2n) is 9.42. The fraction of sp³-hybridized carbons (Fsp3) is 0.345. The van der Waals surface area contributed by atoms with Gasteiger partial charge in [-0.1, -0.05) is 77.5 Å². The summed E-state index contributed by atoms with van der Waals surface area (Å²) in [7, 11) is 3.99. The van der Waals surface area contributed by atoms with E-state index in [1.165, 1.54) is 0 Å². The third-order valence-corrected chi connectivity index (χ3v) is 7.13. The minimum absolute atomic E-state index is 0.0246. The van der Waals surface area contributed by atoms with Crippen LogP contribution in [0.25, 0.3) is 0 Å². The molecule has 2 amide bonds. The number of benzene rings is 2. The predicted octanol–water partition coefficient (Wildman–Crippen LogP) is 4.78. The van der Waals surface area contributed by atoms with Gasteiger partial charge in [0, 0.05) is 23.1 Å². The molecule has 7 heteroatoms. The summed E-state index contributed by atoms with van der Waals surface area (Å²) < 4.78 is 0.922. The van der Waals surface area contributed by atoms with Crippen LogP contribution in [0, 0.1) is 5.92 Å². The van der Waals surface area contributed by atoms with Gasteiger partial charge in [0.2, 0.25) is 5.91 Å². The number of halogens is 1. The van der Waals surface area contributed by atoms with Crippen molar-refractivity contribution in [3.8, 4) is 0 Å². The number of rotatable bonds is 9. The number of nitrogens with zero attached hydrogens (tertiary/aromatic N) is 4. The highest BCUT2D eigenvalue weighted by Crippen LogP contribution is 2.29. The zero-order valence-corrected chi connectivity index (χ0v) is 22.6. The van der Waals surface area contributed by atoms with Crippen LogP contribution in [-0.4, -0.2) is 71.6 Å². The molecule has 0 bridgehead atoms. The summed E-state index contributed by atoms with van der Waals surface area (Å²) >= 11 is 3.46. The minimum Gasteiger partial charge on any atom is -0.327 e. The number of aliphatic imine (C=N–C) groups is 1. The first-order valence-corrected chi connectivity index (χ1v) is 13.2. The molecule has 0 saturated heterocycles. The second-order valence-corrected chi connectivity index (χ2v) is 10.3. The largest absolute Gasteiger partial charge is 0.327 e. The van der Waals surface area contributed by atoms with Crippen molar-refractivity contribution in [2.24, 2.45) is 10.9 Å². The van der Waals surface area contributed by atoms with Crippen molar-refractivity contribution < 1.29 is 9.59 Å². The molecular formula is C29H33BrN4O2. The maximum absolute atomic E-state index is 13.8. The van der Waals surface area contributed by atoms with Crippen molar-refractivity contribution in [2.45, 2.75) is 32.0 Å². The fourth-order valence-electron chi connectivity index (χ4n) is 4.66. The normalized spacial score (nSPS) is 19.8. The molecule has 0 aromatic heterocycles. The quantitative estimate of drug-likeness (QED) is 0.453. The fourth-order valence-corrected chi connectivity index (χ4v) is 4.92. The summed E-state index contributed by atoms with van der Waals surface area (Å²) in [6.45, 7) is 3.70. The second kappa shape index (κ2) is 11.8. The van der Waals surface area contributed by atoms with Gasteiger partial charge in [-0.25, -0.2) is 0 Å². The van der Waals surface area contributed by atoms with E-state index in [1.54, 1.807) is 4.90 Å². The molecule has 3 atom stereocenters. The maximum Gasteiger partial charge on any atom is 0.254 e. The van der Waals surface area contributed by atoms with E-state index in [2.05, 4.69) is 27.8 Å². The molecule has 0 spiro atoms. The lowest BCUT2D eigenvalue weighted by molar-refractivity contribution is -0.131. The lowest BCUT2D eigenvalue weighted by Crippen LogP contribution is -2.57. The summed E-state index contributed by atoms with van der Waals surface area (Å²) in [5.41, 5.74) is 1.65. The zero-order valence-electron chi connectivity index (χ0n) is 21.0. The van der Waals surface area contributed by atoms with Crippen LogP contribution in [-0.2, 0) is 11.3 Å². The molecule has 1 aliphatic carbocycles. The number of amides is 2. The maximum atomic E-state index is 13.8. The van der Waals surface area contributed by atoms with E-state index < -0.39 is 0 Å². The molecule has 1 heterocycles. The van der Waals surface area contributed by atoms with Crippen LogP contribution >= 0.6 is 15.9 Å². The smallest absolute Gasteiger partial charge is 0.254 e. The summed E-state index contributed by atoms with van der Waals surface area (Å²) in [4.78, 5) is 38.5. The first-order chi connectivity index (χ1) is 17.4. The molecule has 6 nitrogen and oxygen atoms in total. The molecule has 188 valence electrons. The van der Waals surface area contributed by atoms with Crippen LogP contribution in [0.15, 0.2) is 88.4 Å². The number of hydrogen-bond donors (Lipinski definition) is 0. The van der Waals surface area contributed by atoms with Gasteiger partial charge in [-0.3, -0.25) is 19.5 Å². The molecule has 1 aliphatic heterocycles. The van der Waals surface area contributed by atoms with Crippen molar-refractivity contribution in [2.75, 3.05) is 27.2 Å².